The average Bonchev–Trinajstić information content (AvgIpc) is 3.26. The predicted octanol–water partition coefficient (Wildman–Crippen LogP) is 3.73. The average molecular weight is 369 g/mol. The molecule has 6 heteroatoms. The molecule has 3 rings (SSSR count). The van der Waals surface area contributed by atoms with Crippen molar-refractivity contribution in [2.24, 2.45) is 0 Å². The number of thiophene rings is 1. The van der Waals surface area contributed by atoms with Gasteiger partial charge in [-0.3, -0.25) is 9.48 Å². The molecule has 0 radical (unpaired) electrons. The first kappa shape index (κ1) is 18.2. The van der Waals surface area contributed by atoms with Crippen LogP contribution in [0, 0.1) is 13.8 Å². The number of nitrogens with zero attached hydrogens (tertiary/aromatic N) is 2. The maximum Gasteiger partial charge on any atom is 0.260 e. The highest BCUT2D eigenvalue weighted by molar-refractivity contribution is 7.10. The summed E-state index contributed by atoms with van der Waals surface area (Å²) in [7, 11) is 0. The summed E-state index contributed by atoms with van der Waals surface area (Å²) in [6.45, 7) is 6.22. The van der Waals surface area contributed by atoms with E-state index in [4.69, 9.17) is 4.74 Å². The van der Waals surface area contributed by atoms with Gasteiger partial charge >= 0.3 is 0 Å². The molecule has 1 amide bonds. The van der Waals surface area contributed by atoms with Crippen molar-refractivity contribution < 1.29 is 9.53 Å². The largest absolute Gasteiger partial charge is 0.481 e. The summed E-state index contributed by atoms with van der Waals surface area (Å²) in [5.41, 5.74) is 2.04. The number of aromatic nitrogens is 2. The van der Waals surface area contributed by atoms with Crippen LogP contribution in [-0.2, 0) is 4.79 Å². The van der Waals surface area contributed by atoms with Crippen LogP contribution in [0.25, 0.3) is 0 Å². The van der Waals surface area contributed by atoms with Gasteiger partial charge in [0.2, 0.25) is 0 Å². The zero-order valence-corrected chi connectivity index (χ0v) is 16.0. The number of benzene rings is 1. The molecule has 0 aliphatic carbocycles. The van der Waals surface area contributed by atoms with Crippen LogP contribution < -0.4 is 10.1 Å². The van der Waals surface area contributed by atoms with E-state index >= 15 is 0 Å². The lowest BCUT2D eigenvalue weighted by Crippen LogP contribution is -2.39. The number of hydrogen-bond donors (Lipinski definition) is 1. The predicted molar refractivity (Wildman–Crippen MR) is 104 cm³/mol. The van der Waals surface area contributed by atoms with Crippen molar-refractivity contribution in [1.29, 1.82) is 0 Å². The van der Waals surface area contributed by atoms with Crippen molar-refractivity contribution in [3.05, 3.63) is 70.2 Å². The third-order valence-corrected chi connectivity index (χ3v) is 5.08. The van der Waals surface area contributed by atoms with Crippen molar-refractivity contribution in [2.45, 2.75) is 32.9 Å². The first-order valence-corrected chi connectivity index (χ1v) is 9.48. The molecule has 2 heterocycles. The maximum atomic E-state index is 12.5. The normalized spacial score (nSPS) is 13.2. The lowest BCUT2D eigenvalue weighted by Gasteiger charge is -2.20. The molecule has 0 saturated carbocycles. The first-order chi connectivity index (χ1) is 12.5. The molecule has 0 saturated heterocycles. The number of amides is 1. The number of carbonyl (C=O) groups excluding carboxylic acids is 1. The van der Waals surface area contributed by atoms with E-state index in [2.05, 4.69) is 16.5 Å². The highest BCUT2D eigenvalue weighted by Crippen LogP contribution is 2.24. The molecule has 2 aromatic heterocycles. The number of hydrogen-bond acceptors (Lipinski definition) is 4. The second-order valence-electron chi connectivity index (χ2n) is 6.22. The number of nitrogens with one attached hydrogen (secondary N) is 1. The van der Waals surface area contributed by atoms with Crippen LogP contribution in [-0.4, -0.2) is 28.3 Å². The Bertz CT molecular complexity index is 843. The smallest absolute Gasteiger partial charge is 0.260 e. The van der Waals surface area contributed by atoms with Gasteiger partial charge in [-0.15, -0.1) is 11.3 Å². The molecule has 136 valence electrons. The molecule has 0 spiro atoms. The third-order valence-electron chi connectivity index (χ3n) is 4.11. The second-order valence-corrected chi connectivity index (χ2v) is 7.20. The van der Waals surface area contributed by atoms with E-state index in [0.717, 1.165) is 16.3 Å². The Hall–Kier alpha value is -2.60. The van der Waals surface area contributed by atoms with Gasteiger partial charge in [0.25, 0.3) is 5.91 Å². The second kappa shape index (κ2) is 8.19. The van der Waals surface area contributed by atoms with E-state index in [1.165, 1.54) is 0 Å². The fourth-order valence-corrected chi connectivity index (χ4v) is 3.66. The van der Waals surface area contributed by atoms with E-state index in [-0.39, 0.29) is 11.9 Å². The molecule has 5 nitrogen and oxygen atoms in total. The van der Waals surface area contributed by atoms with Gasteiger partial charge in [0, 0.05) is 17.1 Å². The summed E-state index contributed by atoms with van der Waals surface area (Å²) >= 11 is 1.66. The highest BCUT2D eigenvalue weighted by Gasteiger charge is 2.21. The minimum Gasteiger partial charge on any atom is -0.481 e. The number of aryl methyl sites for hydroxylation is 2. The molecule has 0 bridgehead atoms. The van der Waals surface area contributed by atoms with Crippen molar-refractivity contribution in [3.8, 4) is 5.75 Å². The minimum absolute atomic E-state index is 0.0309. The van der Waals surface area contributed by atoms with Crippen LogP contribution in [0.5, 0.6) is 5.75 Å². The molecule has 1 aromatic carbocycles. The van der Waals surface area contributed by atoms with Crippen LogP contribution >= 0.6 is 11.3 Å². The van der Waals surface area contributed by atoms with Crippen LogP contribution in [0.15, 0.2) is 53.9 Å². The topological polar surface area (TPSA) is 56.2 Å². The number of ether oxygens (including phenoxy) is 1. The Labute approximate surface area is 157 Å². The zero-order valence-electron chi connectivity index (χ0n) is 15.2. The lowest BCUT2D eigenvalue weighted by molar-refractivity contribution is -0.127. The van der Waals surface area contributed by atoms with Gasteiger partial charge in [0.1, 0.15) is 11.8 Å². The summed E-state index contributed by atoms with van der Waals surface area (Å²) in [6, 6.07) is 15.5. The van der Waals surface area contributed by atoms with E-state index in [0.29, 0.717) is 12.3 Å². The zero-order chi connectivity index (χ0) is 18.5. The molecule has 26 heavy (non-hydrogen) atoms. The molecule has 0 aliphatic heterocycles. The molecule has 3 aromatic rings. The van der Waals surface area contributed by atoms with Crippen molar-refractivity contribution in [3.63, 3.8) is 0 Å². The van der Waals surface area contributed by atoms with E-state index in [1.807, 2.05) is 66.4 Å². The van der Waals surface area contributed by atoms with Crippen LogP contribution in [0.3, 0.4) is 0 Å². The van der Waals surface area contributed by atoms with Crippen molar-refractivity contribution in [2.75, 3.05) is 6.54 Å². The molecular weight excluding hydrogens is 346 g/mol. The first-order valence-electron chi connectivity index (χ1n) is 8.60. The van der Waals surface area contributed by atoms with Gasteiger partial charge in [0.05, 0.1) is 5.69 Å². The van der Waals surface area contributed by atoms with Gasteiger partial charge < -0.3 is 10.1 Å². The molecular formula is C20H23N3O2S. The van der Waals surface area contributed by atoms with Crippen LogP contribution in [0.4, 0.5) is 0 Å². The molecule has 0 fully saturated rings. The summed E-state index contributed by atoms with van der Waals surface area (Å²) in [5.74, 6) is 0.542. The highest BCUT2D eigenvalue weighted by atomic mass is 32.1. The quantitative estimate of drug-likeness (QED) is 0.690. The van der Waals surface area contributed by atoms with Gasteiger partial charge in [0.15, 0.2) is 6.10 Å². The molecule has 0 aliphatic rings. The molecule has 2 atom stereocenters. The van der Waals surface area contributed by atoms with Crippen molar-refractivity contribution in [1.82, 2.24) is 15.1 Å². The van der Waals surface area contributed by atoms with Gasteiger partial charge in [-0.2, -0.15) is 5.10 Å². The van der Waals surface area contributed by atoms with E-state index < -0.39 is 6.10 Å². The van der Waals surface area contributed by atoms with Gasteiger partial charge in [-0.25, -0.2) is 0 Å². The standard InChI is InChI=1S/C20H23N3O2S/c1-14-12-15(2)23(22-14)18(19-10-7-11-26-19)13-21-20(24)16(3)25-17-8-5-4-6-9-17/h4-12,16,18H,13H2,1-3H3,(H,21,24). The monoisotopic (exact) mass is 369 g/mol. The fraction of sp³-hybridized carbons (Fsp3) is 0.300. The summed E-state index contributed by atoms with van der Waals surface area (Å²) < 4.78 is 7.68. The number of rotatable bonds is 7. The third kappa shape index (κ3) is 4.32. The number of carbonyl (C=O) groups is 1. The minimum atomic E-state index is -0.568. The van der Waals surface area contributed by atoms with Gasteiger partial charge in [-0.05, 0) is 50.4 Å². The summed E-state index contributed by atoms with van der Waals surface area (Å²) in [6.07, 6.45) is -0.568. The lowest BCUT2D eigenvalue weighted by atomic mass is 10.2. The molecule has 1 N–H and O–H groups in total. The fourth-order valence-electron chi connectivity index (χ4n) is 2.85. The van der Waals surface area contributed by atoms with Crippen LogP contribution in [0.1, 0.15) is 29.2 Å². The van der Waals surface area contributed by atoms with E-state index in [1.54, 1.807) is 18.3 Å². The Morgan fingerprint density at radius 2 is 2.00 bits per heavy atom. The SMILES string of the molecule is Cc1cc(C)n(C(CNC(=O)C(C)Oc2ccccc2)c2cccs2)n1. The summed E-state index contributed by atoms with van der Waals surface area (Å²) in [5, 5.41) is 9.64. The van der Waals surface area contributed by atoms with E-state index in [9.17, 15) is 4.79 Å². The van der Waals surface area contributed by atoms with Gasteiger partial charge in [-0.1, -0.05) is 24.3 Å². The Kier molecular flexibility index (Phi) is 5.73. The maximum absolute atomic E-state index is 12.5. The number of para-hydroxylation sites is 1. The Balaban J connectivity index is 1.68. The summed E-state index contributed by atoms with van der Waals surface area (Å²) in [4.78, 5) is 13.6. The van der Waals surface area contributed by atoms with Crippen molar-refractivity contribution >= 4 is 17.2 Å². The van der Waals surface area contributed by atoms with Crippen LogP contribution in [0.2, 0.25) is 0 Å². The molecule has 2 unspecified atom stereocenters. The Morgan fingerprint density at radius 3 is 2.62 bits per heavy atom. The Morgan fingerprint density at radius 1 is 1.23 bits per heavy atom.